The van der Waals surface area contributed by atoms with Crippen LogP contribution in [0.25, 0.3) is 0 Å². The average Bonchev–Trinajstić information content (AvgIpc) is 2.74. The Morgan fingerprint density at radius 1 is 0.345 bits per heavy atom. The van der Waals surface area contributed by atoms with E-state index in [2.05, 4.69) is 6.92 Å². The van der Waals surface area contributed by atoms with Gasteiger partial charge in [0, 0.05) is 0 Å². The van der Waals surface area contributed by atoms with Gasteiger partial charge in [-0.1, -0.05) is 173 Å². The number of hydrogen-bond donors (Lipinski definition) is 0. The number of unbranched alkanes of at least 4 members (excludes halogenated alkanes) is 25. The predicted octanol–water partition coefficient (Wildman–Crippen LogP) is 11.1. The molecule has 0 fully saturated rings. The highest BCUT2D eigenvalue weighted by Gasteiger charge is 1.96. The second-order valence-corrected chi connectivity index (χ2v) is 9.77. The van der Waals surface area contributed by atoms with Crippen LogP contribution in [-0.4, -0.2) is 5.37 Å². The molecule has 0 aromatic rings. The van der Waals surface area contributed by atoms with E-state index in [4.69, 9.17) is 12.2 Å². The van der Waals surface area contributed by atoms with Crippen molar-refractivity contribution in [3.8, 4) is 0 Å². The van der Waals surface area contributed by atoms with E-state index < -0.39 is 0 Å². The van der Waals surface area contributed by atoms with Crippen molar-refractivity contribution in [2.75, 3.05) is 0 Å². The third kappa shape index (κ3) is 28.1. The van der Waals surface area contributed by atoms with E-state index in [0.717, 1.165) is 6.42 Å². The van der Waals surface area contributed by atoms with Crippen molar-refractivity contribution >= 4 is 17.6 Å². The topological polar surface area (TPSA) is 0 Å². The maximum absolute atomic E-state index is 4.86. The van der Waals surface area contributed by atoms with Gasteiger partial charge in [0.2, 0.25) is 0 Å². The highest BCUT2D eigenvalue weighted by atomic mass is 32.1. The van der Waals surface area contributed by atoms with Crippen LogP contribution in [0.15, 0.2) is 0 Å². The van der Waals surface area contributed by atoms with Crippen molar-refractivity contribution in [2.24, 2.45) is 0 Å². The van der Waals surface area contributed by atoms with Crippen molar-refractivity contribution in [3.63, 3.8) is 0 Å². The van der Waals surface area contributed by atoms with Crippen molar-refractivity contribution in [2.45, 2.75) is 174 Å². The standard InChI is InChI=1S/C28H56S/c1-2-3-4-5-6-7-8-9-10-11-12-13-14-15-16-17-18-19-20-21-22-23-24-25-26-27-28-29/h28H,2-27H2,1H3. The first kappa shape index (κ1) is 29.1. The molecule has 0 bridgehead atoms. The Balaban J connectivity index is 2.97. The van der Waals surface area contributed by atoms with Crippen molar-refractivity contribution in [1.82, 2.24) is 0 Å². The lowest BCUT2D eigenvalue weighted by atomic mass is 10.0. The molecule has 1 heteroatoms. The van der Waals surface area contributed by atoms with Gasteiger partial charge < -0.3 is 0 Å². The molecule has 0 aliphatic rings. The monoisotopic (exact) mass is 424 g/mol. The summed E-state index contributed by atoms with van der Waals surface area (Å²) < 4.78 is 0. The highest BCUT2D eigenvalue weighted by Crippen LogP contribution is 2.15. The minimum absolute atomic E-state index is 1.13. The van der Waals surface area contributed by atoms with Gasteiger partial charge in [-0.25, -0.2) is 0 Å². The van der Waals surface area contributed by atoms with Crippen molar-refractivity contribution in [3.05, 3.63) is 0 Å². The van der Waals surface area contributed by atoms with Crippen LogP contribution in [0.2, 0.25) is 0 Å². The lowest BCUT2D eigenvalue weighted by Gasteiger charge is -2.04. The molecule has 0 unspecified atom stereocenters. The highest BCUT2D eigenvalue weighted by molar-refractivity contribution is 7.78. The third-order valence-corrected chi connectivity index (χ3v) is 6.66. The summed E-state index contributed by atoms with van der Waals surface area (Å²) in [6.45, 7) is 2.30. The summed E-state index contributed by atoms with van der Waals surface area (Å²) in [5.41, 5.74) is 0. The molecule has 0 amide bonds. The van der Waals surface area contributed by atoms with E-state index in [-0.39, 0.29) is 0 Å². The number of hydrogen-bond acceptors (Lipinski definition) is 1. The molecule has 174 valence electrons. The first-order chi connectivity index (χ1) is 14.4. The van der Waals surface area contributed by atoms with Gasteiger partial charge in [-0.2, -0.15) is 0 Å². The summed E-state index contributed by atoms with van der Waals surface area (Å²) in [6, 6.07) is 0. The maximum atomic E-state index is 4.86. The van der Waals surface area contributed by atoms with Gasteiger partial charge in [-0.15, -0.1) is 0 Å². The Morgan fingerprint density at radius 3 is 0.759 bits per heavy atom. The van der Waals surface area contributed by atoms with E-state index in [9.17, 15) is 0 Å². The number of thiocarbonyl (C=S) groups is 1. The van der Waals surface area contributed by atoms with E-state index in [1.807, 2.05) is 5.37 Å². The molecule has 0 nitrogen and oxygen atoms in total. The Hall–Kier alpha value is 0.0900. The quantitative estimate of drug-likeness (QED) is 0.0982. The molecule has 0 spiro atoms. The number of rotatable bonds is 26. The molecular weight excluding hydrogens is 368 g/mol. The fourth-order valence-electron chi connectivity index (χ4n) is 4.37. The van der Waals surface area contributed by atoms with Gasteiger partial charge in [0.1, 0.15) is 0 Å². The van der Waals surface area contributed by atoms with Gasteiger partial charge >= 0.3 is 0 Å². The minimum atomic E-state index is 1.13. The molecule has 0 aromatic carbocycles. The van der Waals surface area contributed by atoms with Crippen LogP contribution in [0, 0.1) is 0 Å². The molecule has 29 heavy (non-hydrogen) atoms. The molecule has 0 atom stereocenters. The molecule has 0 N–H and O–H groups in total. The Morgan fingerprint density at radius 2 is 0.552 bits per heavy atom. The van der Waals surface area contributed by atoms with E-state index in [0.29, 0.717) is 0 Å². The van der Waals surface area contributed by atoms with Crippen LogP contribution in [0.1, 0.15) is 174 Å². The van der Waals surface area contributed by atoms with Gasteiger partial charge in [-0.3, -0.25) is 0 Å². The van der Waals surface area contributed by atoms with Gasteiger partial charge in [0.15, 0.2) is 0 Å². The molecule has 0 saturated heterocycles. The van der Waals surface area contributed by atoms with Gasteiger partial charge in [-0.05, 0) is 18.2 Å². The van der Waals surface area contributed by atoms with Gasteiger partial charge in [0.25, 0.3) is 0 Å². The summed E-state index contributed by atoms with van der Waals surface area (Å²) in [6.07, 6.45) is 37.6. The van der Waals surface area contributed by atoms with E-state index in [1.165, 1.54) is 161 Å². The average molecular weight is 425 g/mol. The second-order valence-electron chi connectivity index (χ2n) is 9.44. The molecule has 0 saturated carbocycles. The SMILES string of the molecule is CCCCCCCCCCCCCCCCCCCCCCCCCCCC=S. The summed E-state index contributed by atoms with van der Waals surface area (Å²) in [5.74, 6) is 0. The summed E-state index contributed by atoms with van der Waals surface area (Å²) >= 11 is 4.86. The normalized spacial score (nSPS) is 11.2. The lowest BCUT2D eigenvalue weighted by molar-refractivity contribution is 0.516. The molecule has 0 aliphatic heterocycles. The summed E-state index contributed by atoms with van der Waals surface area (Å²) in [5, 5.41) is 1.89. The Labute approximate surface area is 191 Å². The Kier molecular flexibility index (Phi) is 28.2. The first-order valence-electron chi connectivity index (χ1n) is 13.9. The molecule has 0 aliphatic carbocycles. The van der Waals surface area contributed by atoms with Crippen LogP contribution < -0.4 is 0 Å². The molecule has 0 radical (unpaired) electrons. The zero-order valence-corrected chi connectivity index (χ0v) is 21.2. The second kappa shape index (κ2) is 28.1. The summed E-state index contributed by atoms with van der Waals surface area (Å²) in [4.78, 5) is 0. The molecular formula is C28H56S. The lowest BCUT2D eigenvalue weighted by Crippen LogP contribution is -1.84. The van der Waals surface area contributed by atoms with Crippen molar-refractivity contribution in [1.29, 1.82) is 0 Å². The fourth-order valence-corrected chi connectivity index (χ4v) is 4.53. The van der Waals surface area contributed by atoms with E-state index >= 15 is 0 Å². The third-order valence-electron chi connectivity index (χ3n) is 6.43. The van der Waals surface area contributed by atoms with Crippen LogP contribution in [0.4, 0.5) is 0 Å². The van der Waals surface area contributed by atoms with Crippen LogP contribution in [0.5, 0.6) is 0 Å². The fraction of sp³-hybridized carbons (Fsp3) is 0.964. The van der Waals surface area contributed by atoms with Crippen molar-refractivity contribution < 1.29 is 0 Å². The molecule has 0 heterocycles. The summed E-state index contributed by atoms with van der Waals surface area (Å²) in [7, 11) is 0. The predicted molar refractivity (Wildman–Crippen MR) is 139 cm³/mol. The largest absolute Gasteiger partial charge is 0.0935 e. The Bertz CT molecular complexity index is 286. The first-order valence-corrected chi connectivity index (χ1v) is 14.3. The van der Waals surface area contributed by atoms with Crippen LogP contribution in [-0.2, 0) is 0 Å². The maximum Gasteiger partial charge on any atom is -0.0210 e. The minimum Gasteiger partial charge on any atom is -0.0935 e. The smallest absolute Gasteiger partial charge is 0.0210 e. The van der Waals surface area contributed by atoms with Crippen LogP contribution >= 0.6 is 12.2 Å². The zero-order chi connectivity index (χ0) is 21.1. The van der Waals surface area contributed by atoms with Crippen LogP contribution in [0.3, 0.4) is 0 Å². The zero-order valence-electron chi connectivity index (χ0n) is 20.4. The molecule has 0 rings (SSSR count). The molecule has 0 aromatic heterocycles. The van der Waals surface area contributed by atoms with Gasteiger partial charge in [0.05, 0.1) is 0 Å². The van der Waals surface area contributed by atoms with E-state index in [1.54, 1.807) is 0 Å².